The molecule has 308 valence electrons. The van der Waals surface area contributed by atoms with Crippen LogP contribution in [-0.4, -0.2) is 54.2 Å². The number of nitrogen functional groups attached to an aromatic ring is 2. The second-order valence-corrected chi connectivity index (χ2v) is 14.0. The van der Waals surface area contributed by atoms with Crippen LogP contribution < -0.4 is 22.1 Å². The third-order valence-electron chi connectivity index (χ3n) is 7.12. The van der Waals surface area contributed by atoms with Gasteiger partial charge < -0.3 is 32.3 Å². The van der Waals surface area contributed by atoms with E-state index in [9.17, 15) is 66.4 Å². The highest BCUT2D eigenvalue weighted by Gasteiger charge is 2.40. The fourth-order valence-electron chi connectivity index (χ4n) is 3.98. The van der Waals surface area contributed by atoms with Gasteiger partial charge in [0.25, 0.3) is 23.2 Å². The van der Waals surface area contributed by atoms with Crippen molar-refractivity contribution in [3.8, 4) is 0 Å². The molecule has 8 N–H and O–H groups in total. The van der Waals surface area contributed by atoms with Crippen molar-refractivity contribution in [3.63, 3.8) is 0 Å². The third-order valence-corrected chi connectivity index (χ3v) is 10.0. The van der Waals surface area contributed by atoms with Gasteiger partial charge in [-0.1, -0.05) is 40.2 Å². The number of amides is 2. The van der Waals surface area contributed by atoms with Crippen LogP contribution in [0.2, 0.25) is 0 Å². The van der Waals surface area contributed by atoms with Gasteiger partial charge in [0.05, 0.1) is 9.85 Å². The normalized spacial score (nSPS) is 13.3. The Bertz CT molecular complexity index is 2070. The van der Waals surface area contributed by atoms with Crippen molar-refractivity contribution >= 4 is 86.3 Å². The maximum absolute atomic E-state index is 13.0. The van der Waals surface area contributed by atoms with Gasteiger partial charge >= 0.3 is 12.4 Å². The van der Waals surface area contributed by atoms with Crippen LogP contribution in [0.1, 0.15) is 25.0 Å². The number of nitro benzene ring substituents is 2. The van der Waals surface area contributed by atoms with Crippen LogP contribution >= 0.6 is 40.3 Å². The first-order chi connectivity index (χ1) is 26.2. The summed E-state index contributed by atoms with van der Waals surface area (Å²) in [6, 6.07) is 18.4. The summed E-state index contributed by atoms with van der Waals surface area (Å²) in [6.07, 6.45) is -9.92. The highest BCUT2D eigenvalue weighted by Crippen LogP contribution is 2.39. The third kappa shape index (κ3) is 14.4. The predicted molar refractivity (Wildman–Crippen MR) is 208 cm³/mol. The van der Waals surface area contributed by atoms with Crippen LogP contribution in [0, 0.1) is 20.2 Å². The Morgan fingerprint density at radius 2 is 1.14 bits per heavy atom. The number of thiol groups is 1. The lowest BCUT2D eigenvalue weighted by Crippen LogP contribution is -2.42. The maximum Gasteiger partial charge on any atom is 0.423 e. The molecule has 0 unspecified atom stereocenters. The summed E-state index contributed by atoms with van der Waals surface area (Å²) in [7, 11) is 0. The molecule has 0 saturated carbocycles. The van der Waals surface area contributed by atoms with E-state index in [0.29, 0.717) is 34.8 Å². The largest absolute Gasteiger partial charge is 0.423 e. The zero-order valence-corrected chi connectivity index (χ0v) is 32.7. The van der Waals surface area contributed by atoms with E-state index in [1.165, 1.54) is 6.92 Å². The van der Waals surface area contributed by atoms with E-state index in [-0.39, 0.29) is 22.5 Å². The van der Waals surface area contributed by atoms with Crippen molar-refractivity contribution in [3.05, 3.63) is 116 Å². The molecule has 0 fully saturated rings. The number of carbonyl (C=O) groups is 2. The van der Waals surface area contributed by atoms with Gasteiger partial charge in [0.15, 0.2) is 0 Å². The summed E-state index contributed by atoms with van der Waals surface area (Å²) < 4.78 is 77.3. The Morgan fingerprint density at radius 1 is 0.737 bits per heavy atom. The molecule has 0 saturated heterocycles. The lowest BCUT2D eigenvalue weighted by molar-refractivity contribution is -0.388. The van der Waals surface area contributed by atoms with Gasteiger partial charge in [0.2, 0.25) is 0 Å². The number of aliphatic hydroxyl groups is 2. The summed E-state index contributed by atoms with van der Waals surface area (Å²) in [6.45, 7) is 2.36. The SMILES string of the molecule is C[C@](O)(CBr)C(=O)Nc1ccc([N+](=O)[O-])c(C(F)(F)F)c1.C[C@](O)(CSc1ccccc1N)C(=O)Nc1ccc([N+](=O)[O-])c(C(F)(F)F)c1.Nc1ccccc1S. The Morgan fingerprint density at radius 3 is 1.49 bits per heavy atom. The zero-order chi connectivity index (χ0) is 43.5. The number of nitrogens with zero attached hydrogens (tertiary/aromatic N) is 2. The smallest absolute Gasteiger partial charge is 0.398 e. The van der Waals surface area contributed by atoms with Gasteiger partial charge in [-0.15, -0.1) is 24.4 Å². The van der Waals surface area contributed by atoms with Crippen LogP contribution in [0.15, 0.2) is 94.7 Å². The van der Waals surface area contributed by atoms with Crippen LogP contribution in [0.25, 0.3) is 0 Å². The van der Waals surface area contributed by atoms with Gasteiger partial charge in [-0.3, -0.25) is 29.8 Å². The van der Waals surface area contributed by atoms with Crippen LogP contribution in [-0.2, 0) is 21.9 Å². The average Bonchev–Trinajstić information content (AvgIpc) is 3.12. The monoisotopic (exact) mass is 910 g/mol. The van der Waals surface area contributed by atoms with Crippen molar-refractivity contribution in [2.24, 2.45) is 0 Å². The molecule has 0 heterocycles. The van der Waals surface area contributed by atoms with Gasteiger partial charge in [0.1, 0.15) is 22.3 Å². The molecule has 23 heteroatoms. The first-order valence-corrected chi connectivity index (χ1v) is 18.1. The summed E-state index contributed by atoms with van der Waals surface area (Å²) in [5.41, 5.74) is 2.77. The lowest BCUT2D eigenvalue weighted by Gasteiger charge is -2.22. The molecule has 0 spiro atoms. The predicted octanol–water partition coefficient (Wildman–Crippen LogP) is 7.93. The Hall–Kier alpha value is -5.10. The number of nitro groups is 2. The van der Waals surface area contributed by atoms with Crippen molar-refractivity contribution in [2.45, 2.75) is 47.2 Å². The van der Waals surface area contributed by atoms with Gasteiger partial charge in [-0.25, -0.2) is 0 Å². The van der Waals surface area contributed by atoms with Crippen LogP contribution in [0.4, 0.5) is 60.5 Å². The minimum absolute atomic E-state index is 0.119. The summed E-state index contributed by atoms with van der Waals surface area (Å²) in [5, 5.41) is 45.4. The Kier molecular flexibility index (Phi) is 16.7. The molecule has 4 rings (SSSR count). The quantitative estimate of drug-likeness (QED) is 0.0153. The molecule has 0 aromatic heterocycles. The van der Waals surface area contributed by atoms with Gasteiger partial charge in [0, 0.05) is 55.8 Å². The molecule has 0 aliphatic heterocycles. The minimum atomic E-state index is -4.98. The number of carbonyl (C=O) groups excluding carboxylic acids is 2. The second-order valence-electron chi connectivity index (χ2n) is 11.9. The Balaban J connectivity index is 0.000000338. The van der Waals surface area contributed by atoms with E-state index < -0.39 is 67.7 Å². The topological polar surface area (TPSA) is 237 Å². The lowest BCUT2D eigenvalue weighted by atomic mass is 10.1. The van der Waals surface area contributed by atoms with Crippen LogP contribution in [0.3, 0.4) is 0 Å². The van der Waals surface area contributed by atoms with Crippen molar-refractivity contribution in [1.82, 2.24) is 0 Å². The molecule has 2 amide bonds. The highest BCUT2D eigenvalue weighted by atomic mass is 79.9. The van der Waals surface area contributed by atoms with Gasteiger partial charge in [-0.05, 0) is 62.4 Å². The molecule has 0 radical (unpaired) electrons. The van der Waals surface area contributed by atoms with Crippen molar-refractivity contribution < 1.29 is 56.0 Å². The van der Waals surface area contributed by atoms with Crippen molar-refractivity contribution in [1.29, 1.82) is 0 Å². The van der Waals surface area contributed by atoms with Gasteiger partial charge in [-0.2, -0.15) is 26.3 Å². The van der Waals surface area contributed by atoms with E-state index in [0.717, 1.165) is 41.4 Å². The van der Waals surface area contributed by atoms with E-state index in [4.69, 9.17) is 11.5 Å². The molecule has 4 aromatic carbocycles. The number of nitrogens with two attached hydrogens (primary N) is 2. The minimum Gasteiger partial charge on any atom is -0.398 e. The summed E-state index contributed by atoms with van der Waals surface area (Å²) in [5.74, 6) is -2.02. The first kappa shape index (κ1) is 48.0. The molecule has 0 aliphatic carbocycles. The Labute approximate surface area is 337 Å². The fraction of sp³-hybridized carbons (Fsp3) is 0.235. The second kappa shape index (κ2) is 19.9. The molecule has 14 nitrogen and oxygen atoms in total. The number of thioether (sulfide) groups is 1. The first-order valence-electron chi connectivity index (χ1n) is 15.6. The number of rotatable bonds is 10. The number of anilines is 4. The summed E-state index contributed by atoms with van der Waals surface area (Å²) >= 11 is 8.06. The molecule has 2 atom stereocenters. The standard InChI is InChI=1S/C17H16F3N3O4S.C11H10BrF3N2O4.C6H7NS/c1-16(25,9-28-14-5-3-2-4-12(14)21)15(24)22-10-6-7-13(23(26)27)11(8-10)17(18,19)20;1-10(19,5-12)9(18)16-6-2-3-8(17(20)21)7(4-6)11(13,14)15;7-5-3-1-2-4-6(5)8/h2-8,25H,9,21H2,1H3,(H,22,24);2-4,19H,5H2,1H3,(H,16,18);1-4,8H,7H2/t16-;10-;/m00./s1. The van der Waals surface area contributed by atoms with Crippen LogP contribution in [0.5, 0.6) is 0 Å². The molecule has 0 aliphatic rings. The van der Waals surface area contributed by atoms with E-state index >= 15 is 0 Å². The number of hydrogen-bond acceptors (Lipinski definition) is 12. The highest BCUT2D eigenvalue weighted by molar-refractivity contribution is 9.09. The number of benzene rings is 4. The van der Waals surface area contributed by atoms with E-state index in [1.54, 1.807) is 24.3 Å². The molecule has 57 heavy (non-hydrogen) atoms. The number of para-hydroxylation sites is 2. The van der Waals surface area contributed by atoms with E-state index in [1.807, 2.05) is 24.3 Å². The molecular weight excluding hydrogens is 878 g/mol. The summed E-state index contributed by atoms with van der Waals surface area (Å²) in [4.78, 5) is 44.4. The molecule has 4 aromatic rings. The number of halogens is 7. The number of nitrogens with one attached hydrogen (secondary N) is 2. The maximum atomic E-state index is 13.0. The van der Waals surface area contributed by atoms with E-state index in [2.05, 4.69) is 39.2 Å². The zero-order valence-electron chi connectivity index (χ0n) is 29.4. The van der Waals surface area contributed by atoms with Crippen molar-refractivity contribution in [2.75, 3.05) is 33.2 Å². The fourth-order valence-corrected chi connectivity index (χ4v) is 5.37. The molecular formula is C34H33BrF6N6O8S2. The number of hydrogen-bond donors (Lipinski definition) is 7. The molecule has 0 bridgehead atoms. The average molecular weight is 912 g/mol. The number of alkyl halides is 7.